The van der Waals surface area contributed by atoms with Gasteiger partial charge in [0.2, 0.25) is 15.9 Å². The molecular formula is C18H29BN2O6S. The van der Waals surface area contributed by atoms with E-state index >= 15 is 0 Å². The summed E-state index contributed by atoms with van der Waals surface area (Å²) >= 11 is 0. The molecule has 3 rings (SSSR count). The first-order valence-electron chi connectivity index (χ1n) is 9.55. The van der Waals surface area contributed by atoms with Gasteiger partial charge in [0.1, 0.15) is 4.90 Å². The Hall–Kier alpha value is -1.20. The molecule has 28 heavy (non-hydrogen) atoms. The predicted molar refractivity (Wildman–Crippen MR) is 105 cm³/mol. The summed E-state index contributed by atoms with van der Waals surface area (Å²) in [6.45, 7) is 7.72. The Kier molecular flexibility index (Phi) is 5.81. The molecule has 0 atom stereocenters. The molecule has 0 spiro atoms. The number of pyridine rings is 1. The molecule has 1 saturated carbocycles. The lowest BCUT2D eigenvalue weighted by molar-refractivity contribution is 0.00578. The molecule has 10 heteroatoms. The molecule has 2 fully saturated rings. The zero-order valence-electron chi connectivity index (χ0n) is 17.1. The Morgan fingerprint density at radius 3 is 2.29 bits per heavy atom. The predicted octanol–water partition coefficient (Wildman–Crippen LogP) is 0.971. The molecule has 1 aliphatic carbocycles. The molecule has 156 valence electrons. The normalized spacial score (nSPS) is 27.0. The maximum Gasteiger partial charge on any atom is 0.496 e. The number of aliphatic hydroxyl groups is 1. The van der Waals surface area contributed by atoms with Crippen molar-refractivity contribution in [1.29, 1.82) is 0 Å². The summed E-state index contributed by atoms with van der Waals surface area (Å²) in [5.74, 6) is 0.0172. The Morgan fingerprint density at radius 2 is 1.75 bits per heavy atom. The first kappa shape index (κ1) is 21.5. The average Bonchev–Trinajstić information content (AvgIpc) is 2.84. The molecule has 1 aliphatic heterocycles. The van der Waals surface area contributed by atoms with E-state index in [9.17, 15) is 13.5 Å². The zero-order valence-corrected chi connectivity index (χ0v) is 17.9. The fourth-order valence-electron chi connectivity index (χ4n) is 3.38. The van der Waals surface area contributed by atoms with Gasteiger partial charge in [-0.3, -0.25) is 0 Å². The first-order valence-corrected chi connectivity index (χ1v) is 11.0. The number of nitrogens with zero attached hydrogens (tertiary/aromatic N) is 1. The van der Waals surface area contributed by atoms with Crippen LogP contribution in [0.15, 0.2) is 17.2 Å². The largest absolute Gasteiger partial charge is 0.496 e. The maximum atomic E-state index is 13.0. The highest BCUT2D eigenvalue weighted by Gasteiger charge is 2.52. The third kappa shape index (κ3) is 4.21. The van der Waals surface area contributed by atoms with Crippen molar-refractivity contribution in [3.8, 4) is 5.88 Å². The van der Waals surface area contributed by atoms with Gasteiger partial charge in [-0.25, -0.2) is 18.1 Å². The van der Waals surface area contributed by atoms with Crippen LogP contribution in [0.1, 0.15) is 53.4 Å². The van der Waals surface area contributed by atoms with Crippen LogP contribution in [0.4, 0.5) is 0 Å². The fourth-order valence-corrected chi connectivity index (χ4v) is 4.84. The Balaban J connectivity index is 1.87. The Labute approximate surface area is 167 Å². The minimum absolute atomic E-state index is 0.0172. The smallest absolute Gasteiger partial charge is 0.480 e. The number of aromatic nitrogens is 1. The van der Waals surface area contributed by atoms with Crippen molar-refractivity contribution in [1.82, 2.24) is 9.71 Å². The van der Waals surface area contributed by atoms with Gasteiger partial charge < -0.3 is 19.2 Å². The minimum Gasteiger partial charge on any atom is -0.480 e. The van der Waals surface area contributed by atoms with Gasteiger partial charge in [-0.2, -0.15) is 0 Å². The van der Waals surface area contributed by atoms with Gasteiger partial charge in [0.15, 0.2) is 0 Å². The molecule has 0 radical (unpaired) electrons. The van der Waals surface area contributed by atoms with Crippen molar-refractivity contribution in [2.24, 2.45) is 0 Å². The van der Waals surface area contributed by atoms with E-state index in [2.05, 4.69) is 9.71 Å². The van der Waals surface area contributed by atoms with Crippen LogP contribution in [0.5, 0.6) is 5.88 Å². The van der Waals surface area contributed by atoms with Crippen LogP contribution in [0, 0.1) is 0 Å². The topological polar surface area (TPSA) is 107 Å². The molecule has 1 aromatic rings. The molecule has 0 aromatic carbocycles. The molecule has 2 aliphatic rings. The van der Waals surface area contributed by atoms with Crippen molar-refractivity contribution in [3.05, 3.63) is 12.3 Å². The third-order valence-corrected chi connectivity index (χ3v) is 7.38. The maximum absolute atomic E-state index is 13.0. The van der Waals surface area contributed by atoms with Gasteiger partial charge in [-0.05, 0) is 59.4 Å². The van der Waals surface area contributed by atoms with Crippen molar-refractivity contribution in [2.75, 3.05) is 7.11 Å². The molecule has 8 nitrogen and oxygen atoms in total. The lowest BCUT2D eigenvalue weighted by atomic mass is 9.80. The number of nitrogens with one attached hydrogen (secondary N) is 1. The Morgan fingerprint density at radius 1 is 1.18 bits per heavy atom. The van der Waals surface area contributed by atoms with E-state index in [-0.39, 0.29) is 22.9 Å². The van der Waals surface area contributed by atoms with Gasteiger partial charge >= 0.3 is 7.12 Å². The van der Waals surface area contributed by atoms with E-state index in [0.29, 0.717) is 31.1 Å². The second kappa shape index (κ2) is 7.57. The van der Waals surface area contributed by atoms with Gasteiger partial charge in [-0.15, -0.1) is 0 Å². The van der Waals surface area contributed by atoms with E-state index in [1.165, 1.54) is 19.4 Å². The molecule has 1 saturated heterocycles. The number of hydrogen-bond acceptors (Lipinski definition) is 7. The highest BCUT2D eigenvalue weighted by atomic mass is 32.2. The summed E-state index contributed by atoms with van der Waals surface area (Å²) in [6, 6.07) is 1.27. The van der Waals surface area contributed by atoms with E-state index < -0.39 is 28.3 Å². The van der Waals surface area contributed by atoms with Crippen molar-refractivity contribution in [2.45, 2.75) is 81.6 Å². The Bertz CT molecular complexity index is 805. The molecule has 0 unspecified atom stereocenters. The summed E-state index contributed by atoms with van der Waals surface area (Å²) in [5, 5.41) is 9.63. The quantitative estimate of drug-likeness (QED) is 0.694. The van der Waals surface area contributed by atoms with Gasteiger partial charge in [-0.1, -0.05) is 0 Å². The van der Waals surface area contributed by atoms with Gasteiger partial charge in [0.05, 0.1) is 24.4 Å². The van der Waals surface area contributed by atoms with E-state index in [4.69, 9.17) is 14.0 Å². The van der Waals surface area contributed by atoms with Crippen molar-refractivity contribution < 1.29 is 27.6 Å². The highest BCUT2D eigenvalue weighted by molar-refractivity contribution is 7.89. The van der Waals surface area contributed by atoms with Gasteiger partial charge in [0, 0.05) is 17.7 Å². The number of methoxy groups -OCH3 is 1. The van der Waals surface area contributed by atoms with Crippen LogP contribution < -0.4 is 14.9 Å². The number of aliphatic hydroxyl groups excluding tert-OH is 1. The lowest BCUT2D eigenvalue weighted by Crippen LogP contribution is -2.41. The van der Waals surface area contributed by atoms with E-state index in [1.54, 1.807) is 0 Å². The minimum atomic E-state index is -3.86. The molecule has 0 amide bonds. The fraction of sp³-hybridized carbons (Fsp3) is 0.722. The molecule has 0 bridgehead atoms. The van der Waals surface area contributed by atoms with Crippen LogP contribution in [0.3, 0.4) is 0 Å². The average molecular weight is 412 g/mol. The van der Waals surface area contributed by atoms with Gasteiger partial charge in [0.25, 0.3) is 0 Å². The highest BCUT2D eigenvalue weighted by Crippen LogP contribution is 2.36. The monoisotopic (exact) mass is 412 g/mol. The van der Waals surface area contributed by atoms with Crippen LogP contribution >= 0.6 is 0 Å². The summed E-state index contributed by atoms with van der Waals surface area (Å²) in [5.41, 5.74) is -0.575. The number of sulfonamides is 1. The lowest BCUT2D eigenvalue weighted by Gasteiger charge is -2.32. The first-order chi connectivity index (χ1) is 12.9. The van der Waals surface area contributed by atoms with Crippen LogP contribution in [0.2, 0.25) is 0 Å². The summed E-state index contributed by atoms with van der Waals surface area (Å²) < 4.78 is 45.9. The van der Waals surface area contributed by atoms with Crippen LogP contribution in [-0.4, -0.2) is 56.1 Å². The van der Waals surface area contributed by atoms with Crippen molar-refractivity contribution >= 4 is 22.6 Å². The van der Waals surface area contributed by atoms with Crippen LogP contribution in [-0.2, 0) is 19.3 Å². The van der Waals surface area contributed by atoms with E-state index in [1.807, 2.05) is 27.7 Å². The second-order valence-corrected chi connectivity index (χ2v) is 10.2. The number of hydrogen-bond donors (Lipinski definition) is 2. The molecule has 2 N–H and O–H groups in total. The number of rotatable bonds is 5. The van der Waals surface area contributed by atoms with E-state index in [0.717, 1.165) is 0 Å². The van der Waals surface area contributed by atoms with Crippen molar-refractivity contribution in [3.63, 3.8) is 0 Å². The second-order valence-electron chi connectivity index (χ2n) is 8.49. The molecular weight excluding hydrogens is 383 g/mol. The van der Waals surface area contributed by atoms with Crippen LogP contribution in [0.25, 0.3) is 0 Å². The summed E-state index contributed by atoms with van der Waals surface area (Å²) in [4.78, 5) is 4.12. The summed E-state index contributed by atoms with van der Waals surface area (Å²) in [7, 11) is -3.20. The number of ether oxygens (including phenoxy) is 1. The third-order valence-electron chi connectivity index (χ3n) is 5.87. The standard InChI is InChI=1S/C18H29BN2O6S/c1-17(2)18(3,4)27-19(26-17)12-10-15(16(25-5)20-11-12)28(23,24)21-13-6-8-14(22)9-7-13/h10-11,13-14,21-22H,6-9H2,1-5H3. The zero-order chi connectivity index (χ0) is 20.7. The SMILES string of the molecule is COc1ncc(B2OC(C)(C)C(C)(C)O2)cc1S(=O)(=O)NC1CCC(O)CC1. The summed E-state index contributed by atoms with van der Waals surface area (Å²) in [6.07, 6.45) is 3.49. The molecule has 1 aromatic heterocycles. The molecule has 2 heterocycles.